The molecule has 0 N–H and O–H groups in total. The predicted molar refractivity (Wildman–Crippen MR) is 110 cm³/mol. The van der Waals surface area contributed by atoms with Crippen LogP contribution in [0.1, 0.15) is 11.4 Å². The molecule has 168 valence electrons. The van der Waals surface area contributed by atoms with E-state index in [2.05, 4.69) is 14.8 Å². The molecule has 12 heteroatoms. The maximum absolute atomic E-state index is 12.9. The van der Waals surface area contributed by atoms with Crippen molar-refractivity contribution in [2.75, 3.05) is 0 Å². The molecule has 0 fully saturated rings. The summed E-state index contributed by atoms with van der Waals surface area (Å²) in [7, 11) is 1.28. The highest BCUT2D eigenvalue weighted by Crippen LogP contribution is 2.44. The minimum Gasteiger partial charge on any atom is -0.485 e. The zero-order chi connectivity index (χ0) is 23.6. The van der Waals surface area contributed by atoms with E-state index in [4.69, 9.17) is 27.9 Å². The number of nitrogens with zero attached hydrogens (tertiary/aromatic N) is 3. The molecule has 32 heavy (non-hydrogen) atoms. The van der Waals surface area contributed by atoms with Gasteiger partial charge in [-0.2, -0.15) is 18.3 Å². The second kappa shape index (κ2) is 9.17. The summed E-state index contributed by atoms with van der Waals surface area (Å²) in [4.78, 5) is 28.6. The summed E-state index contributed by atoms with van der Waals surface area (Å²) in [6.07, 6.45) is -3.77. The monoisotopic (exact) mass is 487 g/mol. The fourth-order valence-corrected chi connectivity index (χ4v) is 3.24. The van der Waals surface area contributed by atoms with Gasteiger partial charge in [-0.25, -0.2) is 9.48 Å². The minimum atomic E-state index is -5.30. The molecule has 7 nitrogen and oxygen atoms in total. The number of alkyl halides is 3. The summed E-state index contributed by atoms with van der Waals surface area (Å²) in [5.74, 6) is -3.33. The van der Waals surface area contributed by atoms with Gasteiger partial charge < -0.3 is 9.47 Å². The number of hydrogen-bond acceptors (Lipinski definition) is 6. The topological polar surface area (TPSA) is 83.3 Å². The van der Waals surface area contributed by atoms with Gasteiger partial charge in [0.1, 0.15) is 18.1 Å². The third kappa shape index (κ3) is 4.86. The summed E-state index contributed by atoms with van der Waals surface area (Å²) in [6, 6.07) is 7.82. The van der Waals surface area contributed by atoms with Crippen molar-refractivity contribution in [3.63, 3.8) is 0 Å². The second-order valence-corrected chi connectivity index (χ2v) is 7.26. The zero-order valence-corrected chi connectivity index (χ0v) is 18.0. The van der Waals surface area contributed by atoms with Crippen molar-refractivity contribution >= 4 is 29.2 Å². The first kappa shape index (κ1) is 23.6. The molecule has 0 aliphatic heterocycles. The molecule has 0 radical (unpaired) electrons. The van der Waals surface area contributed by atoms with Crippen LogP contribution in [0, 0.1) is 6.92 Å². The first-order valence-electron chi connectivity index (χ1n) is 8.88. The Balaban J connectivity index is 2.22. The van der Waals surface area contributed by atoms with Crippen molar-refractivity contribution < 1.29 is 27.4 Å². The Hall–Kier alpha value is -3.11. The quantitative estimate of drug-likeness (QED) is 0.492. The summed E-state index contributed by atoms with van der Waals surface area (Å²) < 4.78 is 49.7. The van der Waals surface area contributed by atoms with Gasteiger partial charge in [0.15, 0.2) is 5.75 Å². The molecule has 1 aromatic carbocycles. The number of halogens is 5. The Morgan fingerprint density at radius 1 is 1.09 bits per heavy atom. The molecular weight excluding hydrogens is 474 g/mol. The lowest BCUT2D eigenvalue weighted by molar-refractivity contribution is -0.189. The number of carbonyl (C=O) groups is 1. The van der Waals surface area contributed by atoms with Crippen molar-refractivity contribution in [1.29, 1.82) is 0 Å². The Morgan fingerprint density at radius 3 is 2.41 bits per heavy atom. The summed E-state index contributed by atoms with van der Waals surface area (Å²) in [5, 5.41) is 3.75. The highest BCUT2D eigenvalue weighted by molar-refractivity contribution is 6.37. The number of carbonyl (C=O) groups excluding carboxylic acids is 1. The van der Waals surface area contributed by atoms with Gasteiger partial charge in [-0.15, -0.1) is 0 Å². The van der Waals surface area contributed by atoms with Crippen molar-refractivity contribution in [3.8, 4) is 22.6 Å². The number of benzene rings is 1. The van der Waals surface area contributed by atoms with Crippen LogP contribution in [0.15, 0.2) is 41.3 Å². The Morgan fingerprint density at radius 2 is 1.78 bits per heavy atom. The summed E-state index contributed by atoms with van der Waals surface area (Å²) >= 11 is 12.6. The number of hydrogen-bond donors (Lipinski definition) is 0. The van der Waals surface area contributed by atoms with E-state index in [0.717, 1.165) is 4.68 Å². The third-order valence-corrected chi connectivity index (χ3v) is 4.80. The van der Waals surface area contributed by atoms with Gasteiger partial charge in [0, 0.05) is 13.2 Å². The van der Waals surface area contributed by atoms with Crippen molar-refractivity contribution in [2.24, 2.45) is 7.05 Å². The zero-order valence-electron chi connectivity index (χ0n) is 16.5. The smallest absolute Gasteiger partial charge is 0.485 e. The number of ether oxygens (including phenoxy) is 2. The molecule has 3 aromatic rings. The number of pyridine rings is 1. The highest BCUT2D eigenvalue weighted by Gasteiger charge is 2.42. The van der Waals surface area contributed by atoms with Crippen LogP contribution in [-0.4, -0.2) is 26.9 Å². The van der Waals surface area contributed by atoms with E-state index >= 15 is 0 Å². The average molecular weight is 488 g/mol. The van der Waals surface area contributed by atoms with Crippen LogP contribution >= 0.6 is 23.2 Å². The molecule has 0 amide bonds. The molecule has 0 aliphatic carbocycles. The van der Waals surface area contributed by atoms with Gasteiger partial charge in [0.05, 0.1) is 26.9 Å². The molecule has 2 heterocycles. The number of aryl methyl sites for hydroxylation is 2. The maximum atomic E-state index is 12.9. The van der Waals surface area contributed by atoms with Gasteiger partial charge in [0.25, 0.3) is 5.56 Å². The first-order chi connectivity index (χ1) is 15.0. The van der Waals surface area contributed by atoms with E-state index < -0.39 is 29.0 Å². The molecule has 0 saturated heterocycles. The van der Waals surface area contributed by atoms with Crippen LogP contribution in [0.2, 0.25) is 10.0 Å². The Labute approximate surface area is 189 Å². The van der Waals surface area contributed by atoms with Crippen LogP contribution < -0.4 is 15.0 Å². The lowest BCUT2D eigenvalue weighted by Gasteiger charge is -2.18. The third-order valence-electron chi connectivity index (χ3n) is 4.19. The molecule has 2 aromatic heterocycles. The summed E-state index contributed by atoms with van der Waals surface area (Å²) in [6.45, 7) is 1.19. The normalized spacial score (nSPS) is 11.3. The van der Waals surface area contributed by atoms with E-state index in [1.54, 1.807) is 18.2 Å². The van der Waals surface area contributed by atoms with Crippen molar-refractivity contribution in [1.82, 2.24) is 14.8 Å². The van der Waals surface area contributed by atoms with Gasteiger partial charge >= 0.3 is 12.1 Å². The van der Waals surface area contributed by atoms with E-state index in [9.17, 15) is 22.8 Å². The Kier molecular flexibility index (Phi) is 6.75. The van der Waals surface area contributed by atoms with E-state index in [1.165, 1.54) is 32.3 Å². The van der Waals surface area contributed by atoms with Gasteiger partial charge in [-0.05, 0) is 31.2 Å². The van der Waals surface area contributed by atoms with E-state index in [0.29, 0.717) is 5.69 Å². The molecule has 0 bridgehead atoms. The number of esters is 1. The van der Waals surface area contributed by atoms with Gasteiger partial charge in [-0.3, -0.25) is 9.78 Å². The maximum Gasteiger partial charge on any atom is 0.491 e. The van der Waals surface area contributed by atoms with Crippen LogP contribution in [0.4, 0.5) is 13.2 Å². The molecule has 0 saturated carbocycles. The van der Waals surface area contributed by atoms with E-state index in [-0.39, 0.29) is 33.7 Å². The van der Waals surface area contributed by atoms with Crippen LogP contribution in [-0.2, 0) is 18.4 Å². The molecular formula is C20H14Cl2F3N3O4. The fourth-order valence-electron chi connectivity index (χ4n) is 2.79. The highest BCUT2D eigenvalue weighted by atomic mass is 35.5. The first-order valence-corrected chi connectivity index (χ1v) is 9.64. The van der Waals surface area contributed by atoms with Crippen LogP contribution in [0.5, 0.6) is 11.5 Å². The van der Waals surface area contributed by atoms with Crippen LogP contribution in [0.3, 0.4) is 0 Å². The van der Waals surface area contributed by atoms with Crippen molar-refractivity contribution in [2.45, 2.75) is 19.7 Å². The fraction of sp³-hybridized carbons (Fsp3) is 0.200. The standard InChI is InChI=1S/C20H14Cl2F3N3O4/c1-10-16(32-19(30)20(23,24)25)15(18(29)28(2)27-10)14-12(21)6-7-13(22)17(14)31-9-11-5-3-4-8-26-11/h3-8H,9H2,1-2H3. The number of rotatable bonds is 5. The lowest BCUT2D eigenvalue weighted by Crippen LogP contribution is -2.31. The van der Waals surface area contributed by atoms with Gasteiger partial charge in [0.2, 0.25) is 0 Å². The molecule has 0 aliphatic rings. The molecule has 0 spiro atoms. The molecule has 0 atom stereocenters. The minimum absolute atomic E-state index is 0.0185. The van der Waals surface area contributed by atoms with Crippen molar-refractivity contribution in [3.05, 3.63) is 68.3 Å². The molecule has 0 unspecified atom stereocenters. The Bertz CT molecular complexity index is 1230. The SMILES string of the molecule is Cc1nn(C)c(=O)c(-c2c(Cl)ccc(Cl)c2OCc2ccccn2)c1OC(=O)C(F)(F)F. The van der Waals surface area contributed by atoms with Crippen LogP contribution in [0.25, 0.3) is 11.1 Å². The average Bonchev–Trinajstić information content (AvgIpc) is 2.73. The number of aromatic nitrogens is 3. The predicted octanol–water partition coefficient (Wildman–Crippen LogP) is 4.50. The summed E-state index contributed by atoms with van der Waals surface area (Å²) in [5.41, 5.74) is -1.14. The van der Waals surface area contributed by atoms with E-state index in [1.807, 2.05) is 0 Å². The second-order valence-electron chi connectivity index (χ2n) is 6.45. The van der Waals surface area contributed by atoms with Gasteiger partial charge in [-0.1, -0.05) is 29.3 Å². The largest absolute Gasteiger partial charge is 0.491 e. The lowest BCUT2D eigenvalue weighted by atomic mass is 10.0. The molecule has 3 rings (SSSR count).